The van der Waals surface area contributed by atoms with Crippen LogP contribution in [0.4, 0.5) is 0 Å². The topological polar surface area (TPSA) is 252 Å². The number of hydrogen-bond acceptors (Lipinski definition) is 12. The quantitative estimate of drug-likeness (QED) is 0.0352. The van der Waals surface area contributed by atoms with E-state index in [1.165, 1.54) is 6.92 Å². The van der Waals surface area contributed by atoms with Crippen molar-refractivity contribution in [2.24, 2.45) is 17.4 Å². The third-order valence-electron chi connectivity index (χ3n) is 10.1. The molecule has 5 amide bonds. The molecule has 0 spiro atoms. The second-order valence-electron chi connectivity index (χ2n) is 19.2. The van der Waals surface area contributed by atoms with Gasteiger partial charge >= 0.3 is 5.97 Å². The molecular formula is C45H87N7O10. The molecule has 17 nitrogen and oxygen atoms in total. The van der Waals surface area contributed by atoms with Gasteiger partial charge in [0.25, 0.3) is 0 Å². The van der Waals surface area contributed by atoms with Crippen LogP contribution in [0.25, 0.3) is 0 Å². The first-order valence-corrected chi connectivity index (χ1v) is 22.7. The lowest BCUT2D eigenvalue weighted by Crippen LogP contribution is -2.53. The fourth-order valence-electron chi connectivity index (χ4n) is 6.12. The van der Waals surface area contributed by atoms with Crippen molar-refractivity contribution in [3.8, 4) is 0 Å². The summed E-state index contributed by atoms with van der Waals surface area (Å²) >= 11 is 0. The van der Waals surface area contributed by atoms with E-state index in [1.807, 2.05) is 69.2 Å². The number of nitrogens with two attached hydrogens (primary N) is 2. The number of nitrogens with one attached hydrogen (secondary N) is 5. The molecular weight excluding hydrogens is 799 g/mol. The van der Waals surface area contributed by atoms with Gasteiger partial charge in [0.15, 0.2) is 0 Å². The third-order valence-corrected chi connectivity index (χ3v) is 10.1. The Morgan fingerprint density at radius 2 is 1.10 bits per heavy atom. The van der Waals surface area contributed by atoms with Crippen LogP contribution in [0.3, 0.4) is 0 Å². The molecule has 1 unspecified atom stereocenters. The van der Waals surface area contributed by atoms with Gasteiger partial charge in [0.2, 0.25) is 29.5 Å². The molecule has 0 rings (SSSR count). The Morgan fingerprint density at radius 1 is 0.581 bits per heavy atom. The summed E-state index contributed by atoms with van der Waals surface area (Å²) in [6.07, 6.45) is 6.34. The summed E-state index contributed by atoms with van der Waals surface area (Å²) in [5, 5.41) is 14.6. The number of unbranched alkanes of at least 4 members (excludes halogenated alkanes) is 2. The molecule has 0 aromatic heterocycles. The molecule has 9 N–H and O–H groups in total. The monoisotopic (exact) mass is 886 g/mol. The first-order valence-electron chi connectivity index (χ1n) is 22.7. The van der Waals surface area contributed by atoms with E-state index in [9.17, 15) is 28.8 Å². The minimum Gasteiger partial charge on any atom is -0.465 e. The molecule has 0 saturated carbocycles. The van der Waals surface area contributed by atoms with Gasteiger partial charge < -0.3 is 57.0 Å². The van der Waals surface area contributed by atoms with Gasteiger partial charge in [-0.05, 0) is 139 Å². The highest BCUT2D eigenvalue weighted by Crippen LogP contribution is 2.21. The van der Waals surface area contributed by atoms with Crippen LogP contribution in [0.15, 0.2) is 0 Å². The zero-order chi connectivity index (χ0) is 47.4. The minimum absolute atomic E-state index is 0.121. The number of carbonyl (C=O) groups excluding carboxylic acids is 6. The van der Waals surface area contributed by atoms with Crippen LogP contribution in [-0.2, 0) is 47.7 Å². The van der Waals surface area contributed by atoms with Gasteiger partial charge in [0.1, 0.15) is 12.1 Å². The first-order chi connectivity index (χ1) is 28.8. The summed E-state index contributed by atoms with van der Waals surface area (Å²) < 4.78 is 23.0. The van der Waals surface area contributed by atoms with E-state index in [2.05, 4.69) is 26.6 Å². The molecule has 0 saturated heterocycles. The number of carbonyl (C=O) groups is 6. The Labute approximate surface area is 373 Å². The van der Waals surface area contributed by atoms with Crippen LogP contribution < -0.4 is 38.1 Å². The Hall–Kier alpha value is -3.38. The van der Waals surface area contributed by atoms with Crippen molar-refractivity contribution in [2.45, 2.75) is 194 Å². The maximum Gasteiger partial charge on any atom is 0.308 e. The largest absolute Gasteiger partial charge is 0.465 e. The normalized spacial score (nSPS) is 13.3. The zero-order valence-corrected chi connectivity index (χ0v) is 40.3. The summed E-state index contributed by atoms with van der Waals surface area (Å²) in [6, 6.07) is -1.35. The van der Waals surface area contributed by atoms with Gasteiger partial charge in [0, 0.05) is 50.6 Å². The highest BCUT2D eigenvalue weighted by atomic mass is 16.5. The summed E-state index contributed by atoms with van der Waals surface area (Å²) in [5.74, 6) is -1.23. The molecule has 0 bridgehead atoms. The van der Waals surface area contributed by atoms with E-state index < -0.39 is 34.4 Å². The van der Waals surface area contributed by atoms with E-state index in [-0.39, 0.29) is 80.4 Å². The van der Waals surface area contributed by atoms with Gasteiger partial charge in [0.05, 0.1) is 37.4 Å². The average molecular weight is 886 g/mol. The van der Waals surface area contributed by atoms with Crippen molar-refractivity contribution in [2.75, 3.05) is 52.7 Å². The number of esters is 1. The Morgan fingerprint density at radius 3 is 1.65 bits per heavy atom. The summed E-state index contributed by atoms with van der Waals surface area (Å²) in [5.41, 5.74) is 8.83. The molecule has 0 aliphatic carbocycles. The lowest BCUT2D eigenvalue weighted by molar-refractivity contribution is -0.146. The van der Waals surface area contributed by atoms with Crippen molar-refractivity contribution in [3.63, 3.8) is 0 Å². The van der Waals surface area contributed by atoms with E-state index in [1.54, 1.807) is 0 Å². The van der Waals surface area contributed by atoms with E-state index >= 15 is 0 Å². The Kier molecular flexibility index (Phi) is 29.0. The molecule has 0 aliphatic heterocycles. The van der Waals surface area contributed by atoms with Crippen LogP contribution in [0.5, 0.6) is 0 Å². The number of rotatable bonds is 36. The predicted molar refractivity (Wildman–Crippen MR) is 242 cm³/mol. The third kappa shape index (κ3) is 31.5. The second-order valence-corrected chi connectivity index (χ2v) is 19.2. The number of ether oxygens (including phenoxy) is 4. The molecule has 17 heteroatoms. The average Bonchev–Trinajstić information content (AvgIpc) is 3.15. The minimum atomic E-state index is -0.727. The van der Waals surface area contributed by atoms with Crippen molar-refractivity contribution < 1.29 is 47.7 Å². The molecule has 362 valence electrons. The van der Waals surface area contributed by atoms with Crippen LogP contribution in [0.1, 0.15) is 160 Å². The maximum absolute atomic E-state index is 13.4. The van der Waals surface area contributed by atoms with Gasteiger partial charge in [-0.3, -0.25) is 28.8 Å². The lowest BCUT2D eigenvalue weighted by atomic mass is 9.98. The number of amides is 5. The van der Waals surface area contributed by atoms with Crippen LogP contribution in [-0.4, -0.2) is 123 Å². The SMILES string of the molecule is CC(=O)N[C@@H](CCCCN)C(=O)NCCOC(C)(C)CCC(=O)NC(C)(C)CCOC(C)(C)CCC(=O)NC(CCCCN)C(=O)NC(C)(C)CCOCCC(=O)OCC(C)C. The first kappa shape index (κ1) is 58.6. The molecule has 2 atom stereocenters. The van der Waals surface area contributed by atoms with E-state index in [0.29, 0.717) is 77.9 Å². The molecule has 0 aromatic carbocycles. The van der Waals surface area contributed by atoms with E-state index in [0.717, 1.165) is 19.3 Å². The summed E-state index contributed by atoms with van der Waals surface area (Å²) in [6.45, 7) is 23.4. The molecule has 62 heavy (non-hydrogen) atoms. The van der Waals surface area contributed by atoms with Gasteiger partial charge in [-0.15, -0.1) is 0 Å². The van der Waals surface area contributed by atoms with Crippen molar-refractivity contribution in [3.05, 3.63) is 0 Å². The Bertz CT molecular complexity index is 1340. The van der Waals surface area contributed by atoms with Gasteiger partial charge in [-0.2, -0.15) is 0 Å². The van der Waals surface area contributed by atoms with E-state index in [4.69, 9.17) is 30.4 Å². The highest BCUT2D eigenvalue weighted by Gasteiger charge is 2.29. The highest BCUT2D eigenvalue weighted by molar-refractivity contribution is 5.88. The second kappa shape index (κ2) is 30.7. The summed E-state index contributed by atoms with van der Waals surface area (Å²) in [4.78, 5) is 75.5. The molecule has 0 heterocycles. The van der Waals surface area contributed by atoms with Crippen LogP contribution in [0.2, 0.25) is 0 Å². The lowest BCUT2D eigenvalue weighted by Gasteiger charge is -2.31. The fraction of sp³-hybridized carbons (Fsp3) is 0.867. The predicted octanol–water partition coefficient (Wildman–Crippen LogP) is 3.68. The van der Waals surface area contributed by atoms with Crippen LogP contribution in [0, 0.1) is 5.92 Å². The van der Waals surface area contributed by atoms with Gasteiger partial charge in [-0.25, -0.2) is 0 Å². The molecule has 0 aliphatic rings. The standard InChI is InChI=1S/C45H87N7O10/c1-33(2)32-60-39(56)20-28-59-29-23-43(6,7)52-41(58)36(17-13-15-26-47)50-37(54)18-21-44(8,9)61-30-24-42(4,5)51-38(55)19-22-45(10,11)62-31-27-48-40(57)35(49-34(3)53)16-12-14-25-46/h33,35-36H,12-32,46-47H2,1-11H3,(H,48,57)(H,49,53)(H,50,54)(H,51,55)(H,52,58)/t35-,36?/m0/s1. The summed E-state index contributed by atoms with van der Waals surface area (Å²) in [7, 11) is 0. The maximum atomic E-state index is 13.4. The van der Waals surface area contributed by atoms with Crippen molar-refractivity contribution in [1.29, 1.82) is 0 Å². The smallest absolute Gasteiger partial charge is 0.308 e. The van der Waals surface area contributed by atoms with Gasteiger partial charge in [-0.1, -0.05) is 13.8 Å². The molecule has 0 aromatic rings. The zero-order valence-electron chi connectivity index (χ0n) is 40.3. The fourth-order valence-corrected chi connectivity index (χ4v) is 6.12. The molecule has 0 fully saturated rings. The van der Waals surface area contributed by atoms with Crippen molar-refractivity contribution >= 4 is 35.5 Å². The number of hydrogen-bond donors (Lipinski definition) is 7. The van der Waals surface area contributed by atoms with Crippen LogP contribution >= 0.6 is 0 Å². The van der Waals surface area contributed by atoms with Crippen molar-refractivity contribution in [1.82, 2.24) is 26.6 Å². The molecule has 0 radical (unpaired) electrons. The Balaban J connectivity index is 4.80.